The molecule has 0 spiro atoms. The third-order valence-electron chi connectivity index (χ3n) is 4.46. The first-order valence-corrected chi connectivity index (χ1v) is 7.72. The van der Waals surface area contributed by atoms with E-state index in [1.54, 1.807) is 0 Å². The molecule has 1 aliphatic rings. The van der Waals surface area contributed by atoms with Crippen LogP contribution in [-0.4, -0.2) is 12.6 Å². The Bertz CT molecular complexity index is 405. The van der Waals surface area contributed by atoms with Crippen molar-refractivity contribution < 1.29 is 8.78 Å². The van der Waals surface area contributed by atoms with Crippen LogP contribution in [0.3, 0.4) is 0 Å². The Morgan fingerprint density at radius 2 is 1.75 bits per heavy atom. The van der Waals surface area contributed by atoms with Gasteiger partial charge in [-0.05, 0) is 56.7 Å². The van der Waals surface area contributed by atoms with E-state index >= 15 is 0 Å². The van der Waals surface area contributed by atoms with Crippen LogP contribution in [0.1, 0.15) is 45.1 Å². The summed E-state index contributed by atoms with van der Waals surface area (Å²) in [5, 5.41) is 3.44. The largest absolute Gasteiger partial charge is 0.314 e. The molecule has 0 saturated heterocycles. The van der Waals surface area contributed by atoms with Crippen LogP contribution in [-0.2, 0) is 6.42 Å². The minimum atomic E-state index is -0.440. The lowest BCUT2D eigenvalue weighted by Crippen LogP contribution is -2.34. The molecule has 0 heterocycles. The summed E-state index contributed by atoms with van der Waals surface area (Å²) in [5.41, 5.74) is 0.199. The fourth-order valence-corrected chi connectivity index (χ4v) is 3.01. The number of rotatable bonds is 5. The molecular weight excluding hydrogens is 256 g/mol. The lowest BCUT2D eigenvalue weighted by Gasteiger charge is -2.27. The van der Waals surface area contributed by atoms with Crippen molar-refractivity contribution in [3.05, 3.63) is 35.4 Å². The van der Waals surface area contributed by atoms with Crippen LogP contribution in [0.2, 0.25) is 0 Å². The predicted octanol–water partition coefficient (Wildman–Crippen LogP) is 4.31. The van der Waals surface area contributed by atoms with E-state index in [2.05, 4.69) is 12.2 Å². The summed E-state index contributed by atoms with van der Waals surface area (Å²) in [4.78, 5) is 0. The van der Waals surface area contributed by atoms with Gasteiger partial charge in [0.1, 0.15) is 11.6 Å². The van der Waals surface area contributed by atoms with Crippen LogP contribution in [0, 0.1) is 23.5 Å². The first kappa shape index (κ1) is 15.4. The maximum atomic E-state index is 13.6. The van der Waals surface area contributed by atoms with Gasteiger partial charge in [0, 0.05) is 11.6 Å². The summed E-state index contributed by atoms with van der Waals surface area (Å²) in [7, 11) is 0. The maximum Gasteiger partial charge on any atom is 0.129 e. The second-order valence-corrected chi connectivity index (χ2v) is 6.34. The summed E-state index contributed by atoms with van der Waals surface area (Å²) in [5.74, 6) is 0.700. The zero-order valence-electron chi connectivity index (χ0n) is 12.5. The van der Waals surface area contributed by atoms with Crippen molar-refractivity contribution in [2.45, 2.75) is 52.0 Å². The van der Waals surface area contributed by atoms with E-state index in [1.165, 1.54) is 43.9 Å². The minimum Gasteiger partial charge on any atom is -0.314 e. The molecule has 1 saturated carbocycles. The molecule has 112 valence electrons. The van der Waals surface area contributed by atoms with Crippen LogP contribution in [0.25, 0.3) is 0 Å². The minimum absolute atomic E-state index is 0.0979. The fourth-order valence-electron chi connectivity index (χ4n) is 3.01. The van der Waals surface area contributed by atoms with Gasteiger partial charge in [-0.15, -0.1) is 0 Å². The zero-order valence-corrected chi connectivity index (χ0v) is 12.5. The highest BCUT2D eigenvalue weighted by molar-refractivity contribution is 5.20. The summed E-state index contributed by atoms with van der Waals surface area (Å²) in [6.45, 7) is 5.27. The molecule has 1 atom stereocenters. The molecule has 0 amide bonds. The Labute approximate surface area is 120 Å². The number of hydrogen-bond acceptors (Lipinski definition) is 1. The van der Waals surface area contributed by atoms with Crippen LogP contribution in [0.5, 0.6) is 0 Å². The van der Waals surface area contributed by atoms with Crippen molar-refractivity contribution in [1.29, 1.82) is 0 Å². The standard InChI is InChI=1S/C17H25F2N/c1-12-6-8-14(9-7-12)11-20-13(2)10-15-16(18)4-3-5-17(15)19/h3-5,12-14,20H,6-11H2,1-2H3. The lowest BCUT2D eigenvalue weighted by atomic mass is 9.83. The fraction of sp³-hybridized carbons (Fsp3) is 0.647. The van der Waals surface area contributed by atoms with E-state index in [-0.39, 0.29) is 11.6 Å². The van der Waals surface area contributed by atoms with Crippen molar-refractivity contribution in [1.82, 2.24) is 5.32 Å². The molecule has 0 bridgehead atoms. The lowest BCUT2D eigenvalue weighted by molar-refractivity contribution is 0.275. The van der Waals surface area contributed by atoms with Gasteiger partial charge >= 0.3 is 0 Å². The summed E-state index contributed by atoms with van der Waals surface area (Å²) < 4.78 is 27.2. The number of benzene rings is 1. The third-order valence-corrected chi connectivity index (χ3v) is 4.46. The van der Waals surface area contributed by atoms with E-state index in [1.807, 2.05) is 6.92 Å². The monoisotopic (exact) mass is 281 g/mol. The highest BCUT2D eigenvalue weighted by Gasteiger charge is 2.19. The van der Waals surface area contributed by atoms with E-state index < -0.39 is 11.6 Å². The van der Waals surface area contributed by atoms with Crippen molar-refractivity contribution in [3.63, 3.8) is 0 Å². The van der Waals surface area contributed by atoms with Crippen LogP contribution in [0.4, 0.5) is 8.78 Å². The third kappa shape index (κ3) is 4.27. The number of hydrogen-bond donors (Lipinski definition) is 1. The molecule has 0 radical (unpaired) electrons. The average Bonchev–Trinajstić information content (AvgIpc) is 2.42. The van der Waals surface area contributed by atoms with E-state index in [0.29, 0.717) is 6.42 Å². The average molecular weight is 281 g/mol. The molecule has 1 aliphatic carbocycles. The van der Waals surface area contributed by atoms with Gasteiger partial charge in [0.05, 0.1) is 0 Å². The second-order valence-electron chi connectivity index (χ2n) is 6.34. The molecule has 0 aromatic heterocycles. The molecule has 2 rings (SSSR count). The Morgan fingerprint density at radius 3 is 2.35 bits per heavy atom. The smallest absolute Gasteiger partial charge is 0.129 e. The van der Waals surface area contributed by atoms with Gasteiger partial charge < -0.3 is 5.32 Å². The Balaban J connectivity index is 1.79. The first-order valence-electron chi connectivity index (χ1n) is 7.72. The predicted molar refractivity (Wildman–Crippen MR) is 78.6 cm³/mol. The van der Waals surface area contributed by atoms with Crippen molar-refractivity contribution in [2.75, 3.05) is 6.54 Å². The molecule has 1 fully saturated rings. The van der Waals surface area contributed by atoms with Crippen molar-refractivity contribution in [2.24, 2.45) is 11.8 Å². The SMILES string of the molecule is CC1CCC(CNC(C)Cc2c(F)cccc2F)CC1. The second kappa shape index (κ2) is 7.16. The maximum absolute atomic E-state index is 13.6. The van der Waals surface area contributed by atoms with E-state index in [9.17, 15) is 8.78 Å². The molecule has 1 unspecified atom stereocenters. The molecule has 1 nitrogen and oxygen atoms in total. The Morgan fingerprint density at radius 1 is 1.15 bits per heavy atom. The van der Waals surface area contributed by atoms with Crippen molar-refractivity contribution in [3.8, 4) is 0 Å². The van der Waals surface area contributed by atoms with E-state index in [4.69, 9.17) is 0 Å². The molecule has 1 aromatic carbocycles. The van der Waals surface area contributed by atoms with E-state index in [0.717, 1.165) is 18.4 Å². The summed E-state index contributed by atoms with van der Waals surface area (Å²) >= 11 is 0. The normalized spacial score (nSPS) is 24.6. The quantitative estimate of drug-likeness (QED) is 0.848. The summed E-state index contributed by atoms with van der Waals surface area (Å²) in [6, 6.07) is 4.16. The van der Waals surface area contributed by atoms with Crippen LogP contribution < -0.4 is 5.32 Å². The van der Waals surface area contributed by atoms with Crippen LogP contribution >= 0.6 is 0 Å². The van der Waals surface area contributed by atoms with Gasteiger partial charge in [-0.1, -0.05) is 25.8 Å². The molecular formula is C17H25F2N. The summed E-state index contributed by atoms with van der Waals surface area (Å²) in [6.07, 6.45) is 5.57. The molecule has 20 heavy (non-hydrogen) atoms. The molecule has 1 aromatic rings. The number of halogens is 2. The Kier molecular flexibility index (Phi) is 5.53. The van der Waals surface area contributed by atoms with Crippen LogP contribution in [0.15, 0.2) is 18.2 Å². The molecule has 1 N–H and O–H groups in total. The Hall–Kier alpha value is -0.960. The number of nitrogens with one attached hydrogen (secondary N) is 1. The topological polar surface area (TPSA) is 12.0 Å². The van der Waals surface area contributed by atoms with Gasteiger partial charge in [0.15, 0.2) is 0 Å². The van der Waals surface area contributed by atoms with Gasteiger partial charge in [-0.2, -0.15) is 0 Å². The van der Waals surface area contributed by atoms with Gasteiger partial charge in [0.2, 0.25) is 0 Å². The first-order chi connectivity index (χ1) is 9.56. The highest BCUT2D eigenvalue weighted by Crippen LogP contribution is 2.27. The zero-order chi connectivity index (χ0) is 14.5. The van der Waals surface area contributed by atoms with Gasteiger partial charge in [-0.3, -0.25) is 0 Å². The van der Waals surface area contributed by atoms with Gasteiger partial charge in [0.25, 0.3) is 0 Å². The van der Waals surface area contributed by atoms with Gasteiger partial charge in [-0.25, -0.2) is 8.78 Å². The highest BCUT2D eigenvalue weighted by atomic mass is 19.1. The molecule has 0 aliphatic heterocycles. The van der Waals surface area contributed by atoms with Crippen molar-refractivity contribution >= 4 is 0 Å². The molecule has 3 heteroatoms.